The average molecular weight is 287 g/mol. The van der Waals surface area contributed by atoms with Crippen LogP contribution in [0.3, 0.4) is 0 Å². The number of carbonyl (C=O) groups is 1. The number of carbonyl (C=O) groups excluding carboxylic acids is 1. The zero-order valence-corrected chi connectivity index (χ0v) is 12.1. The second-order valence-electron chi connectivity index (χ2n) is 4.92. The third-order valence-corrected chi connectivity index (χ3v) is 3.58. The molecule has 1 amide bonds. The smallest absolute Gasteiger partial charge is 0.233 e. The molecular weight excluding hydrogens is 267 g/mol. The van der Waals surface area contributed by atoms with Crippen LogP contribution in [0, 0.1) is 5.82 Å². The maximum absolute atomic E-state index is 13.3. The number of amides is 1. The van der Waals surface area contributed by atoms with E-state index in [-0.39, 0.29) is 24.1 Å². The summed E-state index contributed by atoms with van der Waals surface area (Å²) in [5.74, 6) is -0.173. The minimum absolute atomic E-state index is 0. The first-order chi connectivity index (χ1) is 8.60. The first kappa shape index (κ1) is 15.9. The van der Waals surface area contributed by atoms with Crippen LogP contribution < -0.4 is 5.32 Å². The summed E-state index contributed by atoms with van der Waals surface area (Å²) >= 11 is 0. The number of halogens is 2. The fraction of sp³-hybridized carbons (Fsp3) is 0.500. The van der Waals surface area contributed by atoms with Gasteiger partial charge in [0.2, 0.25) is 5.91 Å². The lowest BCUT2D eigenvalue weighted by Crippen LogP contribution is -2.39. The number of nitrogens with one attached hydrogen (secondary N) is 1. The lowest BCUT2D eigenvalue weighted by molar-refractivity contribution is -0.132. The molecule has 5 heteroatoms. The van der Waals surface area contributed by atoms with Gasteiger partial charge in [0.25, 0.3) is 0 Å². The fourth-order valence-corrected chi connectivity index (χ4v) is 2.28. The topological polar surface area (TPSA) is 32.3 Å². The zero-order chi connectivity index (χ0) is 13.2. The highest BCUT2D eigenvalue weighted by Crippen LogP contribution is 2.49. The maximum atomic E-state index is 13.3. The Bertz CT molecular complexity index is 449. The molecular formula is C14H20ClFN2O. The summed E-state index contributed by atoms with van der Waals surface area (Å²) in [4.78, 5) is 14.2. The molecule has 0 unspecified atom stereocenters. The normalized spacial score (nSPS) is 15.5. The Balaban J connectivity index is 0.00000180. The van der Waals surface area contributed by atoms with E-state index in [2.05, 4.69) is 5.32 Å². The molecule has 106 valence electrons. The molecule has 1 fully saturated rings. The Morgan fingerprint density at radius 1 is 1.47 bits per heavy atom. The van der Waals surface area contributed by atoms with Gasteiger partial charge in [-0.1, -0.05) is 12.1 Å². The largest absolute Gasteiger partial charge is 0.344 e. The molecule has 2 rings (SSSR count). The van der Waals surface area contributed by atoms with E-state index in [4.69, 9.17) is 0 Å². The van der Waals surface area contributed by atoms with Gasteiger partial charge in [-0.2, -0.15) is 0 Å². The summed E-state index contributed by atoms with van der Waals surface area (Å²) < 4.78 is 13.3. The second-order valence-corrected chi connectivity index (χ2v) is 4.92. The van der Waals surface area contributed by atoms with Crippen LogP contribution in [0.1, 0.15) is 18.4 Å². The van der Waals surface area contributed by atoms with Crippen LogP contribution >= 0.6 is 12.4 Å². The number of nitrogens with zero attached hydrogens (tertiary/aromatic N) is 1. The SMILES string of the molecule is CNCCN(C)C(=O)C1(c2cccc(F)c2)CC1.Cl. The van der Waals surface area contributed by atoms with Crippen LogP contribution in [0.2, 0.25) is 0 Å². The molecule has 0 atom stereocenters. The third kappa shape index (κ3) is 3.25. The van der Waals surface area contributed by atoms with Crippen molar-refractivity contribution in [2.75, 3.05) is 27.2 Å². The highest BCUT2D eigenvalue weighted by molar-refractivity contribution is 5.91. The van der Waals surface area contributed by atoms with Gasteiger partial charge < -0.3 is 10.2 Å². The van der Waals surface area contributed by atoms with Crippen molar-refractivity contribution in [1.82, 2.24) is 10.2 Å². The van der Waals surface area contributed by atoms with Gasteiger partial charge in [0, 0.05) is 20.1 Å². The van der Waals surface area contributed by atoms with E-state index < -0.39 is 5.41 Å². The van der Waals surface area contributed by atoms with E-state index in [1.807, 2.05) is 13.1 Å². The number of benzene rings is 1. The van der Waals surface area contributed by atoms with Crippen molar-refractivity contribution in [2.45, 2.75) is 18.3 Å². The van der Waals surface area contributed by atoms with Crippen LogP contribution in [-0.4, -0.2) is 38.0 Å². The molecule has 0 aliphatic heterocycles. The van der Waals surface area contributed by atoms with Gasteiger partial charge in [-0.15, -0.1) is 12.4 Å². The number of likely N-dealkylation sites (N-methyl/N-ethyl adjacent to an activating group) is 2. The van der Waals surface area contributed by atoms with E-state index in [9.17, 15) is 9.18 Å². The number of rotatable bonds is 5. The first-order valence-corrected chi connectivity index (χ1v) is 6.26. The minimum Gasteiger partial charge on any atom is -0.344 e. The predicted octanol–water partition coefficient (Wildman–Crippen LogP) is 1.96. The van der Waals surface area contributed by atoms with E-state index in [0.29, 0.717) is 6.54 Å². The van der Waals surface area contributed by atoms with Crippen LogP contribution in [0.5, 0.6) is 0 Å². The Morgan fingerprint density at radius 2 is 2.16 bits per heavy atom. The van der Waals surface area contributed by atoms with Crippen molar-refractivity contribution in [3.63, 3.8) is 0 Å². The molecule has 1 aromatic carbocycles. The molecule has 0 heterocycles. The van der Waals surface area contributed by atoms with Crippen LogP contribution in [0.4, 0.5) is 4.39 Å². The molecule has 0 saturated heterocycles. The second kappa shape index (κ2) is 6.35. The monoisotopic (exact) mass is 286 g/mol. The molecule has 0 aromatic heterocycles. The van der Waals surface area contributed by atoms with E-state index in [0.717, 1.165) is 24.9 Å². The van der Waals surface area contributed by atoms with Crippen LogP contribution in [0.15, 0.2) is 24.3 Å². The molecule has 0 spiro atoms. The quantitative estimate of drug-likeness (QED) is 0.897. The summed E-state index contributed by atoms with van der Waals surface area (Å²) in [6.07, 6.45) is 1.64. The van der Waals surface area contributed by atoms with Crippen molar-refractivity contribution in [3.05, 3.63) is 35.6 Å². The van der Waals surface area contributed by atoms with Crippen molar-refractivity contribution in [2.24, 2.45) is 0 Å². The molecule has 0 bridgehead atoms. The average Bonchev–Trinajstić information content (AvgIpc) is 3.16. The number of hydrogen-bond acceptors (Lipinski definition) is 2. The van der Waals surface area contributed by atoms with Gasteiger partial charge >= 0.3 is 0 Å². The Hall–Kier alpha value is -1.13. The van der Waals surface area contributed by atoms with Gasteiger partial charge in [-0.05, 0) is 37.6 Å². The summed E-state index contributed by atoms with van der Waals surface area (Å²) in [6.45, 7) is 1.44. The minimum atomic E-state index is -0.468. The lowest BCUT2D eigenvalue weighted by atomic mass is 9.94. The van der Waals surface area contributed by atoms with E-state index >= 15 is 0 Å². The van der Waals surface area contributed by atoms with Crippen molar-refractivity contribution < 1.29 is 9.18 Å². The highest BCUT2D eigenvalue weighted by Gasteiger charge is 2.52. The highest BCUT2D eigenvalue weighted by atomic mass is 35.5. The number of hydrogen-bond donors (Lipinski definition) is 1. The Morgan fingerprint density at radius 3 is 2.68 bits per heavy atom. The summed E-state index contributed by atoms with van der Waals surface area (Å²) in [7, 11) is 3.66. The molecule has 0 radical (unpaired) electrons. The van der Waals surface area contributed by atoms with Crippen molar-refractivity contribution in [3.8, 4) is 0 Å². The van der Waals surface area contributed by atoms with Gasteiger partial charge in [0.1, 0.15) is 5.82 Å². The Kier molecular flexibility index (Phi) is 5.32. The van der Waals surface area contributed by atoms with Gasteiger partial charge in [-0.3, -0.25) is 4.79 Å². The predicted molar refractivity (Wildman–Crippen MR) is 76.1 cm³/mol. The molecule has 19 heavy (non-hydrogen) atoms. The summed E-state index contributed by atoms with van der Waals surface area (Å²) in [6, 6.07) is 6.41. The molecule has 1 aromatic rings. The molecule has 1 aliphatic carbocycles. The fourth-order valence-electron chi connectivity index (χ4n) is 2.28. The van der Waals surface area contributed by atoms with Gasteiger partial charge in [-0.25, -0.2) is 4.39 Å². The molecule has 3 nitrogen and oxygen atoms in total. The molecule has 1 aliphatic rings. The zero-order valence-electron chi connectivity index (χ0n) is 11.3. The molecule has 1 saturated carbocycles. The van der Waals surface area contributed by atoms with Crippen LogP contribution in [0.25, 0.3) is 0 Å². The van der Waals surface area contributed by atoms with Crippen molar-refractivity contribution >= 4 is 18.3 Å². The van der Waals surface area contributed by atoms with E-state index in [1.54, 1.807) is 18.0 Å². The first-order valence-electron chi connectivity index (χ1n) is 6.26. The standard InChI is InChI=1S/C14H19FN2O.ClH/c1-16-8-9-17(2)13(18)14(6-7-14)11-4-3-5-12(15)10-11;/h3-5,10,16H,6-9H2,1-2H3;1H. The summed E-state index contributed by atoms with van der Waals surface area (Å²) in [5.41, 5.74) is 0.341. The Labute approximate surface area is 119 Å². The third-order valence-electron chi connectivity index (χ3n) is 3.58. The van der Waals surface area contributed by atoms with Crippen molar-refractivity contribution in [1.29, 1.82) is 0 Å². The molecule has 1 N–H and O–H groups in total. The maximum Gasteiger partial charge on any atom is 0.233 e. The van der Waals surface area contributed by atoms with Crippen LogP contribution in [-0.2, 0) is 10.2 Å². The summed E-state index contributed by atoms with van der Waals surface area (Å²) in [5, 5.41) is 3.02. The van der Waals surface area contributed by atoms with Gasteiger partial charge in [0.05, 0.1) is 5.41 Å². The lowest BCUT2D eigenvalue weighted by Gasteiger charge is -2.23. The van der Waals surface area contributed by atoms with E-state index in [1.165, 1.54) is 12.1 Å². The van der Waals surface area contributed by atoms with Gasteiger partial charge in [0.15, 0.2) is 0 Å².